The first-order valence-corrected chi connectivity index (χ1v) is 4.68. The first kappa shape index (κ1) is 11.7. The Bertz CT molecular complexity index is 461. The van der Waals surface area contributed by atoms with Crippen LogP contribution in [0.4, 0.5) is 5.69 Å². The summed E-state index contributed by atoms with van der Waals surface area (Å²) < 4.78 is 4.71. The van der Waals surface area contributed by atoms with Crippen LogP contribution in [0.25, 0.3) is 6.08 Å². The van der Waals surface area contributed by atoms with Crippen LogP contribution in [0.3, 0.4) is 0 Å². The molecule has 0 bridgehead atoms. The van der Waals surface area contributed by atoms with Gasteiger partial charge >= 0.3 is 5.97 Å². The molecule has 0 fully saturated rings. The standard InChI is InChI=1S/C11H11N3O2/c1-2-16-10(15)4-3-8-5-6-14-9(7-12)11(8)13/h3-6H,2,13H2,1H3. The minimum absolute atomic E-state index is 0.144. The highest BCUT2D eigenvalue weighted by atomic mass is 16.5. The molecule has 0 amide bonds. The van der Waals surface area contributed by atoms with Gasteiger partial charge in [0.05, 0.1) is 12.3 Å². The van der Waals surface area contributed by atoms with Crippen molar-refractivity contribution in [3.8, 4) is 6.07 Å². The van der Waals surface area contributed by atoms with E-state index in [4.69, 9.17) is 15.7 Å². The third-order valence-corrected chi connectivity index (χ3v) is 1.82. The third kappa shape index (κ3) is 2.82. The number of carbonyl (C=O) groups is 1. The van der Waals surface area contributed by atoms with Crippen molar-refractivity contribution < 1.29 is 9.53 Å². The van der Waals surface area contributed by atoms with Crippen molar-refractivity contribution in [3.05, 3.63) is 29.6 Å². The third-order valence-electron chi connectivity index (χ3n) is 1.82. The Morgan fingerprint density at radius 3 is 3.12 bits per heavy atom. The number of anilines is 1. The number of pyridine rings is 1. The van der Waals surface area contributed by atoms with Gasteiger partial charge in [-0.25, -0.2) is 9.78 Å². The van der Waals surface area contributed by atoms with Crippen molar-refractivity contribution in [2.24, 2.45) is 0 Å². The molecule has 0 aliphatic rings. The van der Waals surface area contributed by atoms with Crippen molar-refractivity contribution in [2.45, 2.75) is 6.92 Å². The topological polar surface area (TPSA) is 89.0 Å². The summed E-state index contributed by atoms with van der Waals surface area (Å²) in [7, 11) is 0. The van der Waals surface area contributed by atoms with Gasteiger partial charge in [-0.3, -0.25) is 0 Å². The number of nitrogen functional groups attached to an aromatic ring is 1. The van der Waals surface area contributed by atoms with Gasteiger partial charge in [0.2, 0.25) is 0 Å². The summed E-state index contributed by atoms with van der Waals surface area (Å²) >= 11 is 0. The quantitative estimate of drug-likeness (QED) is 0.605. The van der Waals surface area contributed by atoms with Crippen LogP contribution < -0.4 is 5.73 Å². The van der Waals surface area contributed by atoms with E-state index in [2.05, 4.69) is 4.98 Å². The second-order valence-corrected chi connectivity index (χ2v) is 2.86. The van der Waals surface area contributed by atoms with Crippen molar-refractivity contribution in [2.75, 3.05) is 12.3 Å². The van der Waals surface area contributed by atoms with Crippen LogP contribution in [0.2, 0.25) is 0 Å². The number of esters is 1. The van der Waals surface area contributed by atoms with E-state index in [0.29, 0.717) is 12.2 Å². The Kier molecular flexibility index (Phi) is 4.04. The van der Waals surface area contributed by atoms with E-state index in [1.807, 2.05) is 6.07 Å². The summed E-state index contributed by atoms with van der Waals surface area (Å²) in [5.41, 5.74) is 6.63. The highest BCUT2D eigenvalue weighted by Gasteiger charge is 2.03. The summed E-state index contributed by atoms with van der Waals surface area (Å²) in [5.74, 6) is -0.447. The first-order chi connectivity index (χ1) is 7.69. The monoisotopic (exact) mass is 217 g/mol. The predicted molar refractivity (Wildman–Crippen MR) is 59.0 cm³/mol. The zero-order valence-corrected chi connectivity index (χ0v) is 8.80. The Labute approximate surface area is 93.2 Å². The van der Waals surface area contributed by atoms with E-state index >= 15 is 0 Å². The Balaban J connectivity index is 2.90. The Hall–Kier alpha value is -2.35. The number of nitrogens with zero attached hydrogens (tertiary/aromatic N) is 2. The predicted octanol–water partition coefficient (Wildman–Crippen LogP) is 1.11. The van der Waals surface area contributed by atoms with Crippen LogP contribution in [0.5, 0.6) is 0 Å². The van der Waals surface area contributed by atoms with E-state index in [0.717, 1.165) is 0 Å². The molecule has 16 heavy (non-hydrogen) atoms. The molecule has 0 saturated carbocycles. The number of carbonyl (C=O) groups excluding carboxylic acids is 1. The maximum absolute atomic E-state index is 11.1. The number of ether oxygens (including phenoxy) is 1. The normalized spacial score (nSPS) is 10.0. The second-order valence-electron chi connectivity index (χ2n) is 2.86. The Morgan fingerprint density at radius 2 is 2.50 bits per heavy atom. The summed E-state index contributed by atoms with van der Waals surface area (Å²) in [6.45, 7) is 2.04. The molecular weight excluding hydrogens is 206 g/mol. The number of aromatic nitrogens is 1. The average molecular weight is 217 g/mol. The highest BCUT2D eigenvalue weighted by molar-refractivity contribution is 5.88. The molecule has 1 aromatic rings. The number of rotatable bonds is 3. The molecule has 5 heteroatoms. The molecule has 1 aromatic heterocycles. The van der Waals surface area contributed by atoms with Crippen molar-refractivity contribution in [1.82, 2.24) is 4.98 Å². The fourth-order valence-electron chi connectivity index (χ4n) is 1.07. The van der Waals surface area contributed by atoms with Gasteiger partial charge in [-0.05, 0) is 19.1 Å². The fraction of sp³-hybridized carbons (Fsp3) is 0.182. The zero-order chi connectivity index (χ0) is 12.0. The second kappa shape index (κ2) is 5.51. The molecule has 0 saturated heterocycles. The van der Waals surface area contributed by atoms with Crippen LogP contribution in [-0.4, -0.2) is 17.6 Å². The summed E-state index contributed by atoms with van der Waals surface area (Å²) in [6.07, 6.45) is 4.21. The number of hydrogen-bond donors (Lipinski definition) is 1. The maximum Gasteiger partial charge on any atom is 0.330 e. The van der Waals surface area contributed by atoms with Crippen molar-refractivity contribution in [3.63, 3.8) is 0 Å². The number of nitriles is 1. The number of hydrogen-bond acceptors (Lipinski definition) is 5. The van der Waals surface area contributed by atoms with E-state index in [1.165, 1.54) is 18.3 Å². The molecule has 82 valence electrons. The molecule has 0 aliphatic carbocycles. The SMILES string of the molecule is CCOC(=O)C=Cc1ccnc(C#N)c1N. The molecule has 0 unspecified atom stereocenters. The zero-order valence-electron chi connectivity index (χ0n) is 8.80. The van der Waals surface area contributed by atoms with Crippen LogP contribution in [0.1, 0.15) is 18.2 Å². The Morgan fingerprint density at radius 1 is 1.75 bits per heavy atom. The van der Waals surface area contributed by atoms with Gasteiger partial charge in [0.1, 0.15) is 6.07 Å². The lowest BCUT2D eigenvalue weighted by atomic mass is 10.1. The summed E-state index contributed by atoms with van der Waals surface area (Å²) in [5, 5.41) is 8.70. The minimum atomic E-state index is -0.447. The van der Waals surface area contributed by atoms with E-state index < -0.39 is 5.97 Å². The minimum Gasteiger partial charge on any atom is -0.463 e. The van der Waals surface area contributed by atoms with Crippen LogP contribution in [0.15, 0.2) is 18.3 Å². The smallest absolute Gasteiger partial charge is 0.330 e. The van der Waals surface area contributed by atoms with Gasteiger partial charge in [0.15, 0.2) is 5.69 Å². The lowest BCUT2D eigenvalue weighted by Gasteiger charge is -2.00. The molecule has 0 aromatic carbocycles. The molecule has 2 N–H and O–H groups in total. The molecule has 0 atom stereocenters. The van der Waals surface area contributed by atoms with E-state index in [1.54, 1.807) is 13.0 Å². The molecular formula is C11H11N3O2. The molecule has 1 rings (SSSR count). The summed E-state index contributed by atoms with van der Waals surface area (Å²) in [4.78, 5) is 14.8. The fourth-order valence-corrected chi connectivity index (χ4v) is 1.07. The van der Waals surface area contributed by atoms with Gasteiger partial charge in [-0.1, -0.05) is 0 Å². The highest BCUT2D eigenvalue weighted by Crippen LogP contribution is 2.15. The average Bonchev–Trinajstić information content (AvgIpc) is 2.28. The van der Waals surface area contributed by atoms with E-state index in [-0.39, 0.29) is 11.4 Å². The van der Waals surface area contributed by atoms with Crippen LogP contribution in [0, 0.1) is 11.3 Å². The molecule has 0 aliphatic heterocycles. The number of nitrogens with two attached hydrogens (primary N) is 1. The van der Waals surface area contributed by atoms with Gasteiger partial charge in [0, 0.05) is 17.8 Å². The summed E-state index contributed by atoms with van der Waals surface area (Å²) in [6, 6.07) is 3.48. The largest absolute Gasteiger partial charge is 0.463 e. The van der Waals surface area contributed by atoms with Crippen LogP contribution >= 0.6 is 0 Å². The van der Waals surface area contributed by atoms with Gasteiger partial charge in [0.25, 0.3) is 0 Å². The van der Waals surface area contributed by atoms with Gasteiger partial charge < -0.3 is 10.5 Å². The first-order valence-electron chi connectivity index (χ1n) is 4.68. The van der Waals surface area contributed by atoms with Gasteiger partial charge in [-0.15, -0.1) is 0 Å². The van der Waals surface area contributed by atoms with Crippen LogP contribution in [-0.2, 0) is 9.53 Å². The molecule has 0 radical (unpaired) electrons. The molecule has 0 spiro atoms. The molecule has 1 heterocycles. The molecule has 5 nitrogen and oxygen atoms in total. The lowest BCUT2D eigenvalue weighted by molar-refractivity contribution is -0.137. The van der Waals surface area contributed by atoms with E-state index in [9.17, 15) is 4.79 Å². The van der Waals surface area contributed by atoms with Gasteiger partial charge in [-0.2, -0.15) is 5.26 Å². The van der Waals surface area contributed by atoms with Crippen molar-refractivity contribution >= 4 is 17.7 Å². The van der Waals surface area contributed by atoms with Crippen molar-refractivity contribution in [1.29, 1.82) is 5.26 Å². The lowest BCUT2D eigenvalue weighted by Crippen LogP contribution is -2.00. The maximum atomic E-state index is 11.1.